The largest absolute Gasteiger partial charge is 0.331 e. The van der Waals surface area contributed by atoms with Gasteiger partial charge in [-0.05, 0) is 29.0 Å². The van der Waals surface area contributed by atoms with Gasteiger partial charge in [-0.15, -0.1) is 0 Å². The van der Waals surface area contributed by atoms with E-state index in [2.05, 4.69) is 21.9 Å². The zero-order chi connectivity index (χ0) is 12.4. The molecule has 2 heterocycles. The van der Waals surface area contributed by atoms with Gasteiger partial charge in [0, 0.05) is 19.4 Å². The summed E-state index contributed by atoms with van der Waals surface area (Å²) >= 11 is 2.04. The maximum atomic E-state index is 11.8. The number of aryl methyl sites for hydroxylation is 2. The monoisotopic (exact) mass is 344 g/mol. The van der Waals surface area contributed by atoms with Crippen molar-refractivity contribution in [2.24, 2.45) is 7.05 Å². The second-order valence-electron chi connectivity index (χ2n) is 3.79. The SMILES string of the molecule is CCCc1nc(-c2nccn2C)[nH]c(=O)c1I. The first kappa shape index (κ1) is 12.3. The van der Waals surface area contributed by atoms with Crippen LogP contribution in [0.25, 0.3) is 11.6 Å². The van der Waals surface area contributed by atoms with E-state index in [-0.39, 0.29) is 5.56 Å². The van der Waals surface area contributed by atoms with Gasteiger partial charge in [0.15, 0.2) is 11.6 Å². The van der Waals surface area contributed by atoms with Crippen LogP contribution >= 0.6 is 22.6 Å². The van der Waals surface area contributed by atoms with Crippen molar-refractivity contribution < 1.29 is 0 Å². The van der Waals surface area contributed by atoms with Gasteiger partial charge in [-0.3, -0.25) is 4.79 Å². The Hall–Kier alpha value is -1.18. The third kappa shape index (κ3) is 2.41. The minimum atomic E-state index is -0.0953. The summed E-state index contributed by atoms with van der Waals surface area (Å²) < 4.78 is 2.50. The zero-order valence-corrected chi connectivity index (χ0v) is 11.9. The number of aromatic amines is 1. The third-order valence-electron chi connectivity index (χ3n) is 2.45. The average molecular weight is 344 g/mol. The van der Waals surface area contributed by atoms with Crippen LogP contribution in [0.3, 0.4) is 0 Å². The first-order chi connectivity index (χ1) is 8.13. The molecule has 2 aromatic heterocycles. The van der Waals surface area contributed by atoms with Gasteiger partial charge in [0.25, 0.3) is 5.56 Å². The van der Waals surface area contributed by atoms with Gasteiger partial charge in [-0.2, -0.15) is 0 Å². The molecular formula is C11H13IN4O. The van der Waals surface area contributed by atoms with E-state index in [1.54, 1.807) is 6.20 Å². The van der Waals surface area contributed by atoms with Gasteiger partial charge in [0.1, 0.15) is 0 Å². The topological polar surface area (TPSA) is 63.6 Å². The molecule has 0 bridgehead atoms. The molecule has 0 aliphatic carbocycles. The van der Waals surface area contributed by atoms with E-state index in [1.807, 2.05) is 40.4 Å². The van der Waals surface area contributed by atoms with Crippen molar-refractivity contribution in [1.29, 1.82) is 0 Å². The Balaban J connectivity index is 2.57. The maximum Gasteiger partial charge on any atom is 0.264 e. The van der Waals surface area contributed by atoms with Gasteiger partial charge in [-0.1, -0.05) is 13.3 Å². The lowest BCUT2D eigenvalue weighted by molar-refractivity contribution is 0.844. The van der Waals surface area contributed by atoms with Gasteiger partial charge in [-0.25, -0.2) is 9.97 Å². The number of hydrogen-bond donors (Lipinski definition) is 1. The normalized spacial score (nSPS) is 10.8. The van der Waals surface area contributed by atoms with Crippen molar-refractivity contribution in [2.75, 3.05) is 0 Å². The molecule has 0 spiro atoms. The minimum absolute atomic E-state index is 0.0953. The number of rotatable bonds is 3. The van der Waals surface area contributed by atoms with Crippen molar-refractivity contribution in [3.8, 4) is 11.6 Å². The Morgan fingerprint density at radius 2 is 2.29 bits per heavy atom. The Labute approximate surface area is 112 Å². The fraction of sp³-hybridized carbons (Fsp3) is 0.364. The van der Waals surface area contributed by atoms with E-state index in [0.717, 1.165) is 18.5 Å². The number of halogens is 1. The summed E-state index contributed by atoms with van der Waals surface area (Å²) in [5.41, 5.74) is 0.747. The van der Waals surface area contributed by atoms with Gasteiger partial charge >= 0.3 is 0 Å². The second kappa shape index (κ2) is 4.99. The Morgan fingerprint density at radius 1 is 1.53 bits per heavy atom. The molecule has 0 unspecified atom stereocenters. The predicted octanol–water partition coefficient (Wildman–Crippen LogP) is 1.73. The summed E-state index contributed by atoms with van der Waals surface area (Å²) in [5, 5.41) is 0. The lowest BCUT2D eigenvalue weighted by Crippen LogP contribution is -2.17. The van der Waals surface area contributed by atoms with Crippen LogP contribution in [-0.4, -0.2) is 19.5 Å². The number of nitrogens with one attached hydrogen (secondary N) is 1. The molecule has 0 fully saturated rings. The Kier molecular flexibility index (Phi) is 3.60. The third-order valence-corrected chi connectivity index (χ3v) is 3.56. The van der Waals surface area contributed by atoms with Crippen molar-refractivity contribution >= 4 is 22.6 Å². The van der Waals surface area contributed by atoms with E-state index >= 15 is 0 Å². The van der Waals surface area contributed by atoms with Crippen LogP contribution in [0.5, 0.6) is 0 Å². The zero-order valence-electron chi connectivity index (χ0n) is 9.70. The molecule has 6 heteroatoms. The summed E-state index contributed by atoms with van der Waals surface area (Å²) in [6, 6.07) is 0. The number of H-pyrrole nitrogens is 1. The Morgan fingerprint density at radius 3 is 2.88 bits per heavy atom. The van der Waals surface area contributed by atoms with Crippen LogP contribution in [0, 0.1) is 3.57 Å². The molecule has 0 saturated heterocycles. The predicted molar refractivity (Wildman–Crippen MR) is 73.8 cm³/mol. The molecule has 0 radical (unpaired) electrons. The van der Waals surface area contributed by atoms with Crippen LogP contribution < -0.4 is 5.56 Å². The van der Waals surface area contributed by atoms with E-state index in [9.17, 15) is 4.79 Å². The quantitative estimate of drug-likeness (QED) is 0.863. The molecule has 90 valence electrons. The fourth-order valence-corrected chi connectivity index (χ4v) is 2.13. The average Bonchev–Trinajstić information content (AvgIpc) is 2.71. The highest BCUT2D eigenvalue weighted by molar-refractivity contribution is 14.1. The van der Waals surface area contributed by atoms with Crippen LogP contribution in [0.4, 0.5) is 0 Å². The van der Waals surface area contributed by atoms with E-state index in [1.165, 1.54) is 0 Å². The highest BCUT2D eigenvalue weighted by atomic mass is 127. The number of imidazole rings is 1. The van der Waals surface area contributed by atoms with E-state index < -0.39 is 0 Å². The van der Waals surface area contributed by atoms with Crippen molar-refractivity contribution in [1.82, 2.24) is 19.5 Å². The number of hydrogen-bond acceptors (Lipinski definition) is 3. The molecule has 0 atom stereocenters. The van der Waals surface area contributed by atoms with Crippen LogP contribution in [0.1, 0.15) is 19.0 Å². The van der Waals surface area contributed by atoms with Crippen LogP contribution in [-0.2, 0) is 13.5 Å². The van der Waals surface area contributed by atoms with Crippen molar-refractivity contribution in [2.45, 2.75) is 19.8 Å². The Bertz CT molecular complexity index is 587. The molecule has 0 saturated carbocycles. The van der Waals surface area contributed by atoms with Crippen LogP contribution in [0.2, 0.25) is 0 Å². The molecule has 0 amide bonds. The first-order valence-electron chi connectivity index (χ1n) is 5.40. The van der Waals surface area contributed by atoms with Crippen molar-refractivity contribution in [3.05, 3.63) is 32.0 Å². The van der Waals surface area contributed by atoms with Gasteiger partial charge in [0.05, 0.1) is 9.26 Å². The highest BCUT2D eigenvalue weighted by Gasteiger charge is 2.12. The van der Waals surface area contributed by atoms with E-state index in [4.69, 9.17) is 0 Å². The number of nitrogens with zero attached hydrogens (tertiary/aromatic N) is 3. The smallest absolute Gasteiger partial charge is 0.264 e. The highest BCUT2D eigenvalue weighted by Crippen LogP contribution is 2.13. The molecular weight excluding hydrogens is 331 g/mol. The minimum Gasteiger partial charge on any atom is -0.331 e. The summed E-state index contributed by atoms with van der Waals surface area (Å²) in [7, 11) is 1.87. The summed E-state index contributed by atoms with van der Waals surface area (Å²) in [5.74, 6) is 1.21. The van der Waals surface area contributed by atoms with Gasteiger partial charge in [0.2, 0.25) is 0 Å². The summed E-state index contributed by atoms with van der Waals surface area (Å²) in [6.07, 6.45) is 5.28. The van der Waals surface area contributed by atoms with Crippen LogP contribution in [0.15, 0.2) is 17.2 Å². The number of aromatic nitrogens is 4. The molecule has 1 N–H and O–H groups in total. The van der Waals surface area contributed by atoms with E-state index in [0.29, 0.717) is 15.2 Å². The standard InChI is InChI=1S/C11H13IN4O/c1-3-4-7-8(12)11(17)15-9(14-7)10-13-5-6-16(10)2/h5-6H,3-4H2,1-2H3,(H,14,15,17). The van der Waals surface area contributed by atoms with Crippen molar-refractivity contribution in [3.63, 3.8) is 0 Å². The molecule has 5 nitrogen and oxygen atoms in total. The fourth-order valence-electron chi connectivity index (χ4n) is 1.61. The molecule has 0 aliphatic rings. The summed E-state index contributed by atoms with van der Waals surface area (Å²) in [6.45, 7) is 2.07. The first-order valence-corrected chi connectivity index (χ1v) is 6.47. The molecule has 0 aliphatic heterocycles. The maximum absolute atomic E-state index is 11.8. The molecule has 0 aromatic carbocycles. The summed E-state index contributed by atoms with van der Waals surface area (Å²) in [4.78, 5) is 23.2. The lowest BCUT2D eigenvalue weighted by Gasteiger charge is -2.05. The second-order valence-corrected chi connectivity index (χ2v) is 4.87. The molecule has 17 heavy (non-hydrogen) atoms. The molecule has 2 aromatic rings. The lowest BCUT2D eigenvalue weighted by atomic mass is 10.2. The molecule has 2 rings (SSSR count). The van der Waals surface area contributed by atoms with Gasteiger partial charge < -0.3 is 9.55 Å².